The third kappa shape index (κ3) is 3.19. The molecule has 1 aliphatic heterocycles. The van der Waals surface area contributed by atoms with Crippen LogP contribution in [-0.4, -0.2) is 41.7 Å². The van der Waals surface area contributed by atoms with Gasteiger partial charge in [-0.15, -0.1) is 0 Å². The molecule has 4 heteroatoms. The third-order valence-corrected chi connectivity index (χ3v) is 4.24. The van der Waals surface area contributed by atoms with E-state index in [2.05, 4.69) is 0 Å². The van der Waals surface area contributed by atoms with Crippen LogP contribution in [0.2, 0.25) is 0 Å². The smallest absolute Gasteiger partial charge is 0.225 e. The van der Waals surface area contributed by atoms with Gasteiger partial charge in [0.25, 0.3) is 0 Å². The van der Waals surface area contributed by atoms with Crippen molar-refractivity contribution in [3.8, 4) is 0 Å². The molecule has 4 nitrogen and oxygen atoms in total. The van der Waals surface area contributed by atoms with Gasteiger partial charge in [0.05, 0.1) is 6.10 Å². The fraction of sp³-hybridized carbons (Fsp3) is 0.923. The first-order valence-electron chi connectivity index (χ1n) is 6.87. The molecule has 1 aliphatic carbocycles. The van der Waals surface area contributed by atoms with Gasteiger partial charge in [-0.3, -0.25) is 4.79 Å². The van der Waals surface area contributed by atoms with Gasteiger partial charge in [0.15, 0.2) is 0 Å². The van der Waals surface area contributed by atoms with Crippen molar-refractivity contribution in [2.24, 2.45) is 17.6 Å². The summed E-state index contributed by atoms with van der Waals surface area (Å²) in [6, 6.07) is 0. The summed E-state index contributed by atoms with van der Waals surface area (Å²) < 4.78 is 0. The van der Waals surface area contributed by atoms with E-state index < -0.39 is 0 Å². The first-order chi connectivity index (χ1) is 8.20. The van der Waals surface area contributed by atoms with Gasteiger partial charge in [0.2, 0.25) is 5.91 Å². The minimum Gasteiger partial charge on any atom is -0.393 e. The zero-order valence-corrected chi connectivity index (χ0v) is 10.5. The molecule has 0 radical (unpaired) electrons. The SMILES string of the molecule is NCC1CCCC(C(=O)N2CCC(O)CC2)C1. The van der Waals surface area contributed by atoms with Crippen molar-refractivity contribution < 1.29 is 9.90 Å². The van der Waals surface area contributed by atoms with Crippen LogP contribution in [0.4, 0.5) is 0 Å². The van der Waals surface area contributed by atoms with Crippen LogP contribution in [0.5, 0.6) is 0 Å². The van der Waals surface area contributed by atoms with E-state index in [-0.39, 0.29) is 12.0 Å². The van der Waals surface area contributed by atoms with Gasteiger partial charge in [-0.2, -0.15) is 0 Å². The van der Waals surface area contributed by atoms with Gasteiger partial charge in [0, 0.05) is 19.0 Å². The number of amides is 1. The summed E-state index contributed by atoms with van der Waals surface area (Å²) in [4.78, 5) is 14.3. The molecule has 1 heterocycles. The highest BCUT2D eigenvalue weighted by Crippen LogP contribution is 2.30. The molecule has 17 heavy (non-hydrogen) atoms. The third-order valence-electron chi connectivity index (χ3n) is 4.24. The predicted octanol–water partition coefficient (Wildman–Crippen LogP) is 0.735. The first-order valence-corrected chi connectivity index (χ1v) is 6.87. The molecule has 1 saturated carbocycles. The lowest BCUT2D eigenvalue weighted by atomic mass is 9.80. The quantitative estimate of drug-likeness (QED) is 0.748. The van der Waals surface area contributed by atoms with Crippen LogP contribution in [0.1, 0.15) is 38.5 Å². The molecule has 1 amide bonds. The van der Waals surface area contributed by atoms with Crippen LogP contribution in [0, 0.1) is 11.8 Å². The van der Waals surface area contributed by atoms with Crippen LogP contribution in [0.3, 0.4) is 0 Å². The second-order valence-electron chi connectivity index (χ2n) is 5.52. The number of aliphatic hydroxyl groups excluding tert-OH is 1. The van der Waals surface area contributed by atoms with Gasteiger partial charge in [-0.1, -0.05) is 6.42 Å². The fourth-order valence-corrected chi connectivity index (χ4v) is 3.07. The Morgan fingerprint density at radius 2 is 1.94 bits per heavy atom. The maximum Gasteiger partial charge on any atom is 0.225 e. The Balaban J connectivity index is 1.86. The molecule has 3 N–H and O–H groups in total. The number of hydrogen-bond donors (Lipinski definition) is 2. The van der Waals surface area contributed by atoms with Crippen LogP contribution in [0.15, 0.2) is 0 Å². The average Bonchev–Trinajstić information content (AvgIpc) is 2.39. The Morgan fingerprint density at radius 1 is 1.24 bits per heavy atom. The lowest BCUT2D eigenvalue weighted by molar-refractivity contribution is -0.139. The predicted molar refractivity (Wildman–Crippen MR) is 66.3 cm³/mol. The Hall–Kier alpha value is -0.610. The van der Waals surface area contributed by atoms with Crippen LogP contribution >= 0.6 is 0 Å². The zero-order valence-electron chi connectivity index (χ0n) is 10.5. The van der Waals surface area contributed by atoms with Crippen molar-refractivity contribution in [2.45, 2.75) is 44.6 Å². The van der Waals surface area contributed by atoms with Gasteiger partial charge in [-0.05, 0) is 44.6 Å². The molecule has 98 valence electrons. The molecular formula is C13H24N2O2. The number of nitrogens with two attached hydrogens (primary N) is 1. The molecule has 0 aromatic rings. The largest absolute Gasteiger partial charge is 0.393 e. The van der Waals surface area contributed by atoms with Gasteiger partial charge in [-0.25, -0.2) is 0 Å². The molecule has 2 fully saturated rings. The molecule has 2 atom stereocenters. The zero-order chi connectivity index (χ0) is 12.3. The van der Waals surface area contributed by atoms with E-state index in [1.165, 1.54) is 6.42 Å². The number of carbonyl (C=O) groups is 1. The Morgan fingerprint density at radius 3 is 2.59 bits per heavy atom. The van der Waals surface area contributed by atoms with E-state index in [9.17, 15) is 9.90 Å². The van der Waals surface area contributed by atoms with E-state index >= 15 is 0 Å². The van der Waals surface area contributed by atoms with E-state index in [1.54, 1.807) is 0 Å². The molecule has 0 aromatic carbocycles. The Labute approximate surface area is 103 Å². The Kier molecular flexibility index (Phi) is 4.40. The Bertz CT molecular complexity index is 262. The lowest BCUT2D eigenvalue weighted by Crippen LogP contribution is -2.44. The number of piperidine rings is 1. The summed E-state index contributed by atoms with van der Waals surface area (Å²) in [5, 5.41) is 9.44. The minimum absolute atomic E-state index is 0.188. The van der Waals surface area contributed by atoms with Gasteiger partial charge >= 0.3 is 0 Å². The maximum absolute atomic E-state index is 12.3. The van der Waals surface area contributed by atoms with Crippen molar-refractivity contribution >= 4 is 5.91 Å². The minimum atomic E-state index is -0.206. The summed E-state index contributed by atoms with van der Waals surface area (Å²) in [6.07, 6.45) is 5.57. The van der Waals surface area contributed by atoms with Gasteiger partial charge < -0.3 is 15.7 Å². The van der Waals surface area contributed by atoms with E-state index in [4.69, 9.17) is 5.73 Å². The highest BCUT2D eigenvalue weighted by molar-refractivity contribution is 5.79. The van der Waals surface area contributed by atoms with Crippen molar-refractivity contribution in [1.82, 2.24) is 4.90 Å². The first kappa shape index (κ1) is 12.8. The molecular weight excluding hydrogens is 216 g/mol. The lowest BCUT2D eigenvalue weighted by Gasteiger charge is -2.35. The molecule has 0 spiro atoms. The molecule has 0 aromatic heterocycles. The highest BCUT2D eigenvalue weighted by atomic mass is 16.3. The number of aliphatic hydroxyl groups is 1. The van der Waals surface area contributed by atoms with E-state index in [0.717, 1.165) is 45.2 Å². The molecule has 1 saturated heterocycles. The topological polar surface area (TPSA) is 66.6 Å². The summed E-state index contributed by atoms with van der Waals surface area (Å²) in [5.41, 5.74) is 5.70. The average molecular weight is 240 g/mol. The van der Waals surface area contributed by atoms with E-state index in [1.807, 2.05) is 4.90 Å². The summed E-state index contributed by atoms with van der Waals surface area (Å²) in [5.74, 6) is 1.02. The highest BCUT2D eigenvalue weighted by Gasteiger charge is 2.31. The second-order valence-corrected chi connectivity index (χ2v) is 5.52. The number of hydrogen-bond acceptors (Lipinski definition) is 3. The maximum atomic E-state index is 12.3. The number of likely N-dealkylation sites (tertiary alicyclic amines) is 1. The van der Waals surface area contributed by atoms with Crippen molar-refractivity contribution in [3.05, 3.63) is 0 Å². The summed E-state index contributed by atoms with van der Waals surface area (Å²) >= 11 is 0. The number of carbonyl (C=O) groups excluding carboxylic acids is 1. The monoisotopic (exact) mass is 240 g/mol. The molecule has 2 unspecified atom stereocenters. The van der Waals surface area contributed by atoms with Crippen LogP contribution in [-0.2, 0) is 4.79 Å². The summed E-state index contributed by atoms with van der Waals surface area (Å²) in [6.45, 7) is 2.16. The molecule has 2 aliphatic rings. The number of rotatable bonds is 2. The normalized spacial score (nSPS) is 31.5. The van der Waals surface area contributed by atoms with Gasteiger partial charge in [0.1, 0.15) is 0 Å². The van der Waals surface area contributed by atoms with Crippen LogP contribution < -0.4 is 5.73 Å². The van der Waals surface area contributed by atoms with E-state index in [0.29, 0.717) is 18.4 Å². The van der Waals surface area contributed by atoms with Crippen molar-refractivity contribution in [2.75, 3.05) is 19.6 Å². The molecule has 0 bridgehead atoms. The van der Waals surface area contributed by atoms with Crippen molar-refractivity contribution in [3.63, 3.8) is 0 Å². The molecule has 2 rings (SSSR count). The summed E-state index contributed by atoms with van der Waals surface area (Å²) in [7, 11) is 0. The fourth-order valence-electron chi connectivity index (χ4n) is 3.07. The number of nitrogens with zero attached hydrogens (tertiary/aromatic N) is 1. The van der Waals surface area contributed by atoms with Crippen molar-refractivity contribution in [1.29, 1.82) is 0 Å². The second kappa shape index (κ2) is 5.83. The van der Waals surface area contributed by atoms with Crippen LogP contribution in [0.25, 0.3) is 0 Å². The standard InChI is InChI=1S/C13H24N2O2/c14-9-10-2-1-3-11(8-10)13(17)15-6-4-12(16)5-7-15/h10-12,16H,1-9,14H2.